The van der Waals surface area contributed by atoms with Gasteiger partial charge in [-0.05, 0) is 77.0 Å². The molecule has 0 heterocycles. The summed E-state index contributed by atoms with van der Waals surface area (Å²) >= 11 is 0. The van der Waals surface area contributed by atoms with Crippen LogP contribution in [0.25, 0.3) is 0 Å². The highest BCUT2D eigenvalue weighted by molar-refractivity contribution is 5.76. The minimum atomic E-state index is -0.859. The molecular weight excluding hydrogens is 622 g/mol. The smallest absolute Gasteiger partial charge is 0.305 e. The molecule has 0 spiro atoms. The van der Waals surface area contributed by atoms with Crippen LogP contribution in [0, 0.1) is 0 Å². The Hall–Kier alpha value is -1.92. The molecule has 0 saturated carbocycles. The normalized spacial score (nSPS) is 13.1. The third-order valence-corrected chi connectivity index (χ3v) is 9.38. The molecule has 0 aromatic carbocycles. The van der Waals surface area contributed by atoms with Crippen LogP contribution in [-0.4, -0.2) is 47.4 Å². The lowest BCUT2D eigenvalue weighted by Gasteiger charge is -2.19. The first-order valence-electron chi connectivity index (χ1n) is 21.3. The van der Waals surface area contributed by atoms with Gasteiger partial charge >= 0.3 is 5.97 Å². The third-order valence-electron chi connectivity index (χ3n) is 9.38. The average Bonchev–Trinajstić information content (AvgIpc) is 3.11. The number of hydrogen-bond acceptors (Lipinski definition) is 5. The number of esters is 1. The van der Waals surface area contributed by atoms with Crippen LogP contribution in [0.5, 0.6) is 0 Å². The maximum absolute atomic E-state index is 12.3. The van der Waals surface area contributed by atoms with E-state index in [-0.39, 0.29) is 18.5 Å². The summed E-state index contributed by atoms with van der Waals surface area (Å²) in [5.41, 5.74) is 0. The maximum atomic E-state index is 12.3. The first-order chi connectivity index (χ1) is 24.5. The number of hydrogen-bond donors (Lipinski definition) is 3. The molecule has 50 heavy (non-hydrogen) atoms. The van der Waals surface area contributed by atoms with Crippen LogP contribution in [-0.2, 0) is 14.3 Å². The van der Waals surface area contributed by atoms with E-state index in [1.165, 1.54) is 109 Å². The van der Waals surface area contributed by atoms with Gasteiger partial charge in [-0.2, -0.15) is 0 Å². The van der Waals surface area contributed by atoms with E-state index in [2.05, 4.69) is 43.5 Å². The molecule has 6 nitrogen and oxygen atoms in total. The zero-order valence-corrected chi connectivity index (χ0v) is 32.9. The van der Waals surface area contributed by atoms with Gasteiger partial charge in [-0.25, -0.2) is 0 Å². The van der Waals surface area contributed by atoms with Gasteiger partial charge in [0.15, 0.2) is 0 Å². The van der Waals surface area contributed by atoms with Crippen LogP contribution >= 0.6 is 0 Å². The lowest BCUT2D eigenvalue weighted by molar-refractivity contribution is -0.143. The van der Waals surface area contributed by atoms with Crippen LogP contribution in [0.4, 0.5) is 0 Å². The summed E-state index contributed by atoms with van der Waals surface area (Å²) in [6, 6.07) is -0.645. The van der Waals surface area contributed by atoms with Crippen molar-refractivity contribution in [3.05, 3.63) is 36.5 Å². The lowest BCUT2D eigenvalue weighted by atomic mass is 10.1. The number of rotatable bonds is 38. The molecule has 1 amide bonds. The summed E-state index contributed by atoms with van der Waals surface area (Å²) in [4.78, 5) is 24.2. The number of carbonyl (C=O) groups excluding carboxylic acids is 2. The second-order valence-corrected chi connectivity index (χ2v) is 14.3. The Bertz CT molecular complexity index is 823. The van der Waals surface area contributed by atoms with Crippen molar-refractivity contribution in [3.63, 3.8) is 0 Å². The van der Waals surface area contributed by atoms with Crippen molar-refractivity contribution in [2.24, 2.45) is 0 Å². The maximum Gasteiger partial charge on any atom is 0.305 e. The number of aliphatic hydroxyl groups excluding tert-OH is 2. The molecule has 0 aliphatic rings. The Morgan fingerprint density at radius 1 is 0.540 bits per heavy atom. The molecule has 2 unspecified atom stereocenters. The van der Waals surface area contributed by atoms with E-state index in [9.17, 15) is 19.8 Å². The van der Waals surface area contributed by atoms with Gasteiger partial charge in [-0.15, -0.1) is 0 Å². The highest BCUT2D eigenvalue weighted by Gasteiger charge is 2.17. The van der Waals surface area contributed by atoms with Crippen molar-refractivity contribution >= 4 is 11.9 Å². The largest absolute Gasteiger partial charge is 0.466 e. The predicted molar refractivity (Wildman–Crippen MR) is 213 cm³/mol. The fourth-order valence-corrected chi connectivity index (χ4v) is 6.02. The standard InChI is InChI=1S/C44H81NO5/c1-3-5-7-9-11-13-17-22-26-30-34-38-44(49)50-39-35-31-27-23-19-16-14-15-18-21-25-29-33-37-43(48)45-41(40-46)42(47)36-32-28-24-20-12-10-8-6-4-2/h9,11,15,18,32,36,41-42,46-47H,3-8,10,12-14,16-17,19-31,33-35,37-40H2,1-2H3,(H,45,48)/b11-9-,18-15-,36-32+. The number of aliphatic hydroxyl groups is 2. The van der Waals surface area contributed by atoms with Crippen LogP contribution < -0.4 is 5.32 Å². The highest BCUT2D eigenvalue weighted by atomic mass is 16.5. The number of nitrogens with one attached hydrogen (secondary N) is 1. The van der Waals surface area contributed by atoms with E-state index in [0.717, 1.165) is 70.6 Å². The summed E-state index contributed by atoms with van der Waals surface area (Å²) in [7, 11) is 0. The van der Waals surface area contributed by atoms with Crippen molar-refractivity contribution in [2.45, 2.75) is 219 Å². The highest BCUT2D eigenvalue weighted by Crippen LogP contribution is 2.12. The Morgan fingerprint density at radius 2 is 0.960 bits per heavy atom. The van der Waals surface area contributed by atoms with Gasteiger partial charge in [0.1, 0.15) is 0 Å². The van der Waals surface area contributed by atoms with E-state index in [0.29, 0.717) is 19.4 Å². The predicted octanol–water partition coefficient (Wildman–Crippen LogP) is 11.8. The molecule has 0 aromatic rings. The van der Waals surface area contributed by atoms with E-state index in [1.54, 1.807) is 6.08 Å². The second kappa shape index (κ2) is 39.9. The number of carbonyl (C=O) groups is 2. The number of unbranched alkanes of at least 4 members (excludes halogenated alkanes) is 23. The van der Waals surface area contributed by atoms with Crippen molar-refractivity contribution in [1.29, 1.82) is 0 Å². The van der Waals surface area contributed by atoms with E-state index in [1.807, 2.05) is 6.08 Å². The van der Waals surface area contributed by atoms with Crippen LogP contribution in [0.1, 0.15) is 206 Å². The topological polar surface area (TPSA) is 95.9 Å². The van der Waals surface area contributed by atoms with Crippen molar-refractivity contribution in [3.8, 4) is 0 Å². The minimum Gasteiger partial charge on any atom is -0.466 e. The molecule has 2 atom stereocenters. The van der Waals surface area contributed by atoms with Crippen molar-refractivity contribution in [1.82, 2.24) is 5.32 Å². The first kappa shape index (κ1) is 48.1. The molecule has 0 aliphatic heterocycles. The van der Waals surface area contributed by atoms with Crippen molar-refractivity contribution in [2.75, 3.05) is 13.2 Å². The van der Waals surface area contributed by atoms with Gasteiger partial charge < -0.3 is 20.3 Å². The van der Waals surface area contributed by atoms with Gasteiger partial charge in [0.2, 0.25) is 5.91 Å². The molecule has 0 radical (unpaired) electrons. The molecule has 292 valence electrons. The Kier molecular flexibility index (Phi) is 38.3. The Morgan fingerprint density at radius 3 is 1.50 bits per heavy atom. The molecule has 0 saturated heterocycles. The Balaban J connectivity index is 3.55. The van der Waals surface area contributed by atoms with Crippen molar-refractivity contribution < 1.29 is 24.5 Å². The number of ether oxygens (including phenoxy) is 1. The summed E-state index contributed by atoms with van der Waals surface area (Å²) in [6.45, 7) is 4.76. The van der Waals surface area contributed by atoms with Crippen LogP contribution in [0.2, 0.25) is 0 Å². The van der Waals surface area contributed by atoms with Gasteiger partial charge in [0, 0.05) is 12.8 Å². The number of amides is 1. The van der Waals surface area contributed by atoms with Crippen LogP contribution in [0.15, 0.2) is 36.5 Å². The molecule has 0 rings (SSSR count). The SMILES string of the molecule is CCCC/C=C\CCCCCCCC(=O)OCCCCCCCC/C=C\CCCCCC(=O)NC(CO)C(O)/C=C/CCCCCCCCC. The lowest BCUT2D eigenvalue weighted by Crippen LogP contribution is -2.45. The van der Waals surface area contributed by atoms with E-state index < -0.39 is 12.1 Å². The van der Waals surface area contributed by atoms with Gasteiger partial charge in [-0.3, -0.25) is 9.59 Å². The summed E-state index contributed by atoms with van der Waals surface area (Å²) in [6.07, 6.45) is 45.6. The van der Waals surface area contributed by atoms with E-state index in [4.69, 9.17) is 4.74 Å². The van der Waals surface area contributed by atoms with Gasteiger partial charge in [0.25, 0.3) is 0 Å². The fourth-order valence-electron chi connectivity index (χ4n) is 6.02. The summed E-state index contributed by atoms with van der Waals surface area (Å²) < 4.78 is 5.41. The van der Waals surface area contributed by atoms with Crippen LogP contribution in [0.3, 0.4) is 0 Å². The average molecular weight is 704 g/mol. The molecule has 0 fully saturated rings. The zero-order chi connectivity index (χ0) is 36.6. The van der Waals surface area contributed by atoms with Gasteiger partial charge in [0.05, 0.1) is 25.4 Å². The molecule has 0 bridgehead atoms. The number of allylic oxidation sites excluding steroid dienone is 5. The third kappa shape index (κ3) is 35.9. The zero-order valence-electron chi connectivity index (χ0n) is 32.9. The second-order valence-electron chi connectivity index (χ2n) is 14.3. The molecule has 3 N–H and O–H groups in total. The quantitative estimate of drug-likeness (QED) is 0.0338. The molecular formula is C44H81NO5. The van der Waals surface area contributed by atoms with Gasteiger partial charge in [-0.1, -0.05) is 153 Å². The minimum absolute atomic E-state index is 0.0269. The monoisotopic (exact) mass is 704 g/mol. The summed E-state index contributed by atoms with van der Waals surface area (Å²) in [5, 5.41) is 22.8. The van der Waals surface area contributed by atoms with E-state index >= 15 is 0 Å². The molecule has 0 aromatic heterocycles. The summed E-state index contributed by atoms with van der Waals surface area (Å²) in [5.74, 6) is -0.130. The first-order valence-corrected chi connectivity index (χ1v) is 21.3. The molecule has 6 heteroatoms. The molecule has 0 aliphatic carbocycles. The Labute approximate surface area is 309 Å². The fraction of sp³-hybridized carbons (Fsp3) is 0.818.